The van der Waals surface area contributed by atoms with Crippen molar-refractivity contribution in [1.29, 1.82) is 0 Å². The Kier molecular flexibility index (Phi) is 3.70. The fraction of sp³-hybridized carbons (Fsp3) is 0.0588. The minimum atomic E-state index is 0.373. The van der Waals surface area contributed by atoms with E-state index in [0.717, 1.165) is 22.3 Å². The maximum Gasteiger partial charge on any atom is 0.184 e. The number of hydrogen-bond donors (Lipinski definition) is 2. The summed E-state index contributed by atoms with van der Waals surface area (Å²) in [6, 6.07) is 13.2. The summed E-state index contributed by atoms with van der Waals surface area (Å²) < 4.78 is 1.60. The Balaban J connectivity index is 1.80. The monoisotopic (exact) mass is 351 g/mol. The summed E-state index contributed by atoms with van der Waals surface area (Å²) in [5.74, 6) is 0.945. The first-order chi connectivity index (χ1) is 12.1. The molecule has 25 heavy (non-hydrogen) atoms. The summed E-state index contributed by atoms with van der Waals surface area (Å²) in [5, 5.41) is 12.2. The molecule has 4 rings (SSSR count). The van der Waals surface area contributed by atoms with Crippen molar-refractivity contribution in [3.05, 3.63) is 59.4 Å². The maximum absolute atomic E-state index is 6.29. The molecule has 0 amide bonds. The smallest absolute Gasteiger partial charge is 0.184 e. The first-order valence-electron chi connectivity index (χ1n) is 7.58. The van der Waals surface area contributed by atoms with Gasteiger partial charge in [-0.25, -0.2) is 9.97 Å². The Morgan fingerprint density at radius 3 is 2.80 bits per heavy atom. The van der Waals surface area contributed by atoms with Gasteiger partial charge in [0.1, 0.15) is 17.5 Å². The molecule has 0 aliphatic heterocycles. The molecule has 2 aromatic carbocycles. The fourth-order valence-corrected chi connectivity index (χ4v) is 2.73. The molecule has 0 atom stereocenters. The Labute approximate surface area is 148 Å². The molecule has 0 aliphatic rings. The van der Waals surface area contributed by atoms with Crippen LogP contribution in [-0.2, 0) is 0 Å². The molecule has 2 heterocycles. The van der Waals surface area contributed by atoms with Crippen molar-refractivity contribution < 1.29 is 0 Å². The summed E-state index contributed by atoms with van der Waals surface area (Å²) >= 11 is 6.17. The van der Waals surface area contributed by atoms with Gasteiger partial charge in [-0.15, -0.1) is 5.10 Å². The van der Waals surface area contributed by atoms with Gasteiger partial charge in [-0.05, 0) is 36.8 Å². The van der Waals surface area contributed by atoms with Gasteiger partial charge in [0.2, 0.25) is 0 Å². The van der Waals surface area contributed by atoms with Gasteiger partial charge in [0.05, 0.1) is 5.52 Å². The molecule has 7 nitrogen and oxygen atoms in total. The molecule has 0 saturated heterocycles. The van der Waals surface area contributed by atoms with Gasteiger partial charge in [-0.2, -0.15) is 4.68 Å². The van der Waals surface area contributed by atoms with E-state index in [0.29, 0.717) is 22.3 Å². The molecule has 0 spiro atoms. The van der Waals surface area contributed by atoms with E-state index < -0.39 is 0 Å². The summed E-state index contributed by atoms with van der Waals surface area (Å²) in [4.78, 5) is 8.51. The highest BCUT2D eigenvalue weighted by Gasteiger charge is 2.15. The van der Waals surface area contributed by atoms with E-state index in [1.807, 2.05) is 49.4 Å². The van der Waals surface area contributed by atoms with Crippen molar-refractivity contribution >= 4 is 39.8 Å². The lowest BCUT2D eigenvalue weighted by molar-refractivity contribution is 0.800. The normalized spacial score (nSPS) is 11.0. The molecule has 0 aliphatic carbocycles. The second kappa shape index (κ2) is 6.03. The first kappa shape index (κ1) is 15.3. The molecule has 0 unspecified atom stereocenters. The predicted octanol–water partition coefficient (Wildman–Crippen LogP) is 3.50. The highest BCUT2D eigenvalue weighted by Crippen LogP contribution is 2.30. The van der Waals surface area contributed by atoms with Crippen molar-refractivity contribution in [1.82, 2.24) is 25.0 Å². The number of halogens is 1. The quantitative estimate of drug-likeness (QED) is 0.586. The van der Waals surface area contributed by atoms with Gasteiger partial charge in [-0.3, -0.25) is 0 Å². The van der Waals surface area contributed by atoms with Crippen LogP contribution in [0.5, 0.6) is 0 Å². The maximum atomic E-state index is 6.29. The number of nitrogen functional groups attached to an aromatic ring is 1. The second-order valence-corrected chi connectivity index (χ2v) is 5.89. The average molecular weight is 352 g/mol. The van der Waals surface area contributed by atoms with Gasteiger partial charge in [-0.1, -0.05) is 35.0 Å². The molecule has 0 saturated carbocycles. The summed E-state index contributed by atoms with van der Waals surface area (Å²) in [5.41, 5.74) is 9.99. The topological polar surface area (TPSA) is 94.5 Å². The van der Waals surface area contributed by atoms with E-state index >= 15 is 0 Å². The van der Waals surface area contributed by atoms with Crippen molar-refractivity contribution in [2.45, 2.75) is 6.92 Å². The van der Waals surface area contributed by atoms with Crippen molar-refractivity contribution in [2.75, 3.05) is 11.1 Å². The number of nitrogens with zero attached hydrogens (tertiary/aromatic N) is 5. The van der Waals surface area contributed by atoms with Gasteiger partial charge in [0, 0.05) is 10.7 Å². The molecule has 8 heteroatoms. The number of aromatic nitrogens is 5. The summed E-state index contributed by atoms with van der Waals surface area (Å²) in [6.45, 7) is 1.92. The number of fused-ring (bicyclic) bond motifs is 1. The Morgan fingerprint density at radius 1 is 1.08 bits per heavy atom. The standard InChI is InChI=1S/C17H14ClN7/c1-10-11(18)5-4-7-12(10)22-16-15(19)17(21-9-20-16)25-14-8-3-2-6-13(14)23-24-25/h2-9H,19H2,1H3,(H,20,21,22). The van der Waals surface area contributed by atoms with E-state index in [-0.39, 0.29) is 0 Å². The SMILES string of the molecule is Cc1c(Cl)cccc1Nc1ncnc(-n2nnc3ccccc32)c1N. The number of benzene rings is 2. The lowest BCUT2D eigenvalue weighted by atomic mass is 10.2. The second-order valence-electron chi connectivity index (χ2n) is 5.49. The minimum Gasteiger partial charge on any atom is -0.393 e. The van der Waals surface area contributed by atoms with Crippen LogP contribution in [0.2, 0.25) is 5.02 Å². The van der Waals surface area contributed by atoms with Crippen LogP contribution < -0.4 is 11.1 Å². The molecule has 3 N–H and O–H groups in total. The lowest BCUT2D eigenvalue weighted by Crippen LogP contribution is -2.09. The van der Waals surface area contributed by atoms with Gasteiger partial charge < -0.3 is 11.1 Å². The van der Waals surface area contributed by atoms with Crippen LogP contribution >= 0.6 is 11.6 Å². The third-order valence-electron chi connectivity index (χ3n) is 3.94. The lowest BCUT2D eigenvalue weighted by Gasteiger charge is -2.13. The zero-order chi connectivity index (χ0) is 17.4. The number of rotatable bonds is 3. The molecular weight excluding hydrogens is 338 g/mol. The number of nitrogens with one attached hydrogen (secondary N) is 1. The Hall–Kier alpha value is -3.19. The van der Waals surface area contributed by atoms with Crippen LogP contribution in [-0.4, -0.2) is 25.0 Å². The van der Waals surface area contributed by atoms with Gasteiger partial charge in [0.25, 0.3) is 0 Å². The highest BCUT2D eigenvalue weighted by molar-refractivity contribution is 6.31. The average Bonchev–Trinajstić information content (AvgIpc) is 3.05. The van der Waals surface area contributed by atoms with Crippen LogP contribution in [0.1, 0.15) is 5.56 Å². The zero-order valence-electron chi connectivity index (χ0n) is 13.3. The summed E-state index contributed by atoms with van der Waals surface area (Å²) in [6.07, 6.45) is 1.43. The van der Waals surface area contributed by atoms with Crippen molar-refractivity contribution in [3.8, 4) is 5.82 Å². The van der Waals surface area contributed by atoms with E-state index in [2.05, 4.69) is 25.6 Å². The van der Waals surface area contributed by atoms with Gasteiger partial charge in [0.15, 0.2) is 11.6 Å². The number of hydrogen-bond acceptors (Lipinski definition) is 6. The molecule has 4 aromatic rings. The van der Waals surface area contributed by atoms with E-state index in [9.17, 15) is 0 Å². The first-order valence-corrected chi connectivity index (χ1v) is 7.96. The molecular formula is C17H14ClN7. The molecule has 124 valence electrons. The Bertz CT molecular complexity index is 1070. The third-order valence-corrected chi connectivity index (χ3v) is 4.35. The molecule has 0 radical (unpaired) electrons. The van der Waals surface area contributed by atoms with Gasteiger partial charge >= 0.3 is 0 Å². The molecule has 2 aromatic heterocycles. The predicted molar refractivity (Wildman–Crippen MR) is 98.3 cm³/mol. The van der Waals surface area contributed by atoms with Crippen LogP contribution in [0.3, 0.4) is 0 Å². The zero-order valence-corrected chi connectivity index (χ0v) is 14.1. The molecule has 0 bridgehead atoms. The molecule has 0 fully saturated rings. The van der Waals surface area contributed by atoms with E-state index in [1.54, 1.807) is 4.68 Å². The highest BCUT2D eigenvalue weighted by atomic mass is 35.5. The largest absolute Gasteiger partial charge is 0.393 e. The van der Waals surface area contributed by atoms with Crippen LogP contribution in [0.25, 0.3) is 16.9 Å². The number of para-hydroxylation sites is 1. The van der Waals surface area contributed by atoms with E-state index in [4.69, 9.17) is 17.3 Å². The third kappa shape index (κ3) is 2.64. The number of nitrogens with two attached hydrogens (primary N) is 1. The van der Waals surface area contributed by atoms with Crippen LogP contribution in [0.4, 0.5) is 17.2 Å². The van der Waals surface area contributed by atoms with Crippen molar-refractivity contribution in [3.63, 3.8) is 0 Å². The summed E-state index contributed by atoms with van der Waals surface area (Å²) in [7, 11) is 0. The van der Waals surface area contributed by atoms with Crippen LogP contribution in [0.15, 0.2) is 48.8 Å². The number of anilines is 3. The van der Waals surface area contributed by atoms with E-state index in [1.165, 1.54) is 6.33 Å². The minimum absolute atomic E-state index is 0.373. The Morgan fingerprint density at radius 2 is 1.92 bits per heavy atom. The van der Waals surface area contributed by atoms with Crippen LogP contribution in [0, 0.1) is 6.92 Å². The van der Waals surface area contributed by atoms with Crippen molar-refractivity contribution in [2.24, 2.45) is 0 Å². The fourth-order valence-electron chi connectivity index (χ4n) is 2.55.